The summed E-state index contributed by atoms with van der Waals surface area (Å²) in [5.74, 6) is -1.21. The van der Waals surface area contributed by atoms with Gasteiger partial charge in [-0.05, 0) is 17.5 Å². The van der Waals surface area contributed by atoms with Crippen molar-refractivity contribution >= 4 is 67.8 Å². The topological polar surface area (TPSA) is 95.5 Å². The van der Waals surface area contributed by atoms with E-state index in [1.54, 1.807) is 11.4 Å². The lowest BCUT2D eigenvalue weighted by molar-refractivity contribution is -0.115. The average Bonchev–Trinajstić information content (AvgIpc) is 3.03. The number of phenols is 1. The molecule has 2 aromatic rings. The normalized spacial score (nSPS) is 11.4. The molecule has 124 valence electrons. The summed E-state index contributed by atoms with van der Waals surface area (Å²) in [4.78, 5) is 11.9. The smallest absolute Gasteiger partial charge is 0.250 e. The number of hydrogen-bond donors (Lipinski definition) is 3. The second kappa shape index (κ2) is 7.25. The SMILES string of the molecule is O=C(CNS(=O)(=O)c1cccs1)Nc1c(O)c(Cl)cc(Cl)c1Cl. The summed E-state index contributed by atoms with van der Waals surface area (Å²) < 4.78 is 26.0. The molecule has 1 heterocycles. The number of carbonyl (C=O) groups is 1. The fraction of sp³-hybridized carbons (Fsp3) is 0.0833. The molecule has 0 unspecified atom stereocenters. The molecule has 11 heteroatoms. The molecule has 0 saturated carbocycles. The number of anilines is 1. The Balaban J connectivity index is 2.10. The second-order valence-electron chi connectivity index (χ2n) is 4.18. The van der Waals surface area contributed by atoms with E-state index in [2.05, 4.69) is 10.0 Å². The molecule has 6 nitrogen and oxygen atoms in total. The highest BCUT2D eigenvalue weighted by atomic mass is 35.5. The lowest BCUT2D eigenvalue weighted by Crippen LogP contribution is -2.32. The van der Waals surface area contributed by atoms with Gasteiger partial charge in [-0.2, -0.15) is 0 Å². The van der Waals surface area contributed by atoms with Gasteiger partial charge in [-0.15, -0.1) is 11.3 Å². The molecular weight excluding hydrogens is 407 g/mol. The van der Waals surface area contributed by atoms with Crippen molar-refractivity contribution in [2.75, 3.05) is 11.9 Å². The maximum atomic E-state index is 11.9. The van der Waals surface area contributed by atoms with Crippen LogP contribution in [0.15, 0.2) is 27.8 Å². The van der Waals surface area contributed by atoms with Gasteiger partial charge in [0.1, 0.15) is 9.90 Å². The van der Waals surface area contributed by atoms with Crippen molar-refractivity contribution < 1.29 is 18.3 Å². The van der Waals surface area contributed by atoms with Gasteiger partial charge in [0.2, 0.25) is 5.91 Å². The Morgan fingerprint density at radius 2 is 1.96 bits per heavy atom. The van der Waals surface area contributed by atoms with E-state index in [1.807, 2.05) is 0 Å². The third kappa shape index (κ3) is 4.28. The highest BCUT2D eigenvalue weighted by molar-refractivity contribution is 7.91. The van der Waals surface area contributed by atoms with Gasteiger partial charge >= 0.3 is 0 Å². The maximum absolute atomic E-state index is 11.9. The minimum atomic E-state index is -3.78. The molecule has 0 saturated heterocycles. The first-order valence-electron chi connectivity index (χ1n) is 5.92. The molecule has 0 spiro atoms. The van der Waals surface area contributed by atoms with Crippen LogP contribution in [0.3, 0.4) is 0 Å². The van der Waals surface area contributed by atoms with Gasteiger partial charge in [0.25, 0.3) is 10.0 Å². The molecule has 0 atom stereocenters. The Morgan fingerprint density at radius 3 is 2.57 bits per heavy atom. The first kappa shape index (κ1) is 18.3. The fourth-order valence-corrected chi connectivity index (χ4v) is 4.21. The summed E-state index contributed by atoms with van der Waals surface area (Å²) in [6, 6.07) is 4.20. The standard InChI is InChI=1S/C12H9Cl3N2O4S2/c13-6-4-7(14)12(19)11(10(6)15)17-8(18)5-16-23(20,21)9-2-1-3-22-9/h1-4,16,19H,5H2,(H,17,18). The molecule has 0 aliphatic heterocycles. The summed E-state index contributed by atoms with van der Waals surface area (Å²) in [6.07, 6.45) is 0. The van der Waals surface area contributed by atoms with Crippen molar-refractivity contribution in [1.29, 1.82) is 0 Å². The van der Waals surface area contributed by atoms with Crippen LogP contribution < -0.4 is 10.0 Å². The molecule has 0 aliphatic carbocycles. The van der Waals surface area contributed by atoms with Gasteiger partial charge < -0.3 is 10.4 Å². The van der Waals surface area contributed by atoms with Crippen molar-refractivity contribution in [3.05, 3.63) is 38.6 Å². The predicted octanol–water partition coefficient (Wildman–Crippen LogP) is 3.33. The molecule has 1 aromatic carbocycles. The molecule has 23 heavy (non-hydrogen) atoms. The number of sulfonamides is 1. The zero-order valence-electron chi connectivity index (χ0n) is 11.1. The van der Waals surface area contributed by atoms with E-state index in [4.69, 9.17) is 34.8 Å². The van der Waals surface area contributed by atoms with Crippen molar-refractivity contribution in [3.8, 4) is 5.75 Å². The number of rotatable bonds is 5. The van der Waals surface area contributed by atoms with Gasteiger partial charge in [-0.1, -0.05) is 40.9 Å². The zero-order valence-corrected chi connectivity index (χ0v) is 15.0. The Kier molecular flexibility index (Phi) is 5.77. The predicted molar refractivity (Wildman–Crippen MR) is 91.3 cm³/mol. The molecule has 0 radical (unpaired) electrons. The number of amides is 1. The molecular formula is C12H9Cl3N2O4S2. The van der Waals surface area contributed by atoms with Crippen LogP contribution in [0, 0.1) is 0 Å². The van der Waals surface area contributed by atoms with Crippen LogP contribution in [0.1, 0.15) is 0 Å². The minimum absolute atomic E-state index is 0.0314. The monoisotopic (exact) mass is 414 g/mol. The van der Waals surface area contributed by atoms with E-state index < -0.39 is 28.2 Å². The number of hydrogen-bond acceptors (Lipinski definition) is 5. The Bertz CT molecular complexity index is 812. The number of thiophene rings is 1. The number of aromatic hydroxyl groups is 1. The lowest BCUT2D eigenvalue weighted by atomic mass is 10.3. The number of nitrogens with one attached hydrogen (secondary N) is 2. The highest BCUT2D eigenvalue weighted by Crippen LogP contribution is 2.42. The van der Waals surface area contributed by atoms with E-state index in [0.29, 0.717) is 0 Å². The molecule has 2 rings (SSSR count). The molecule has 0 fully saturated rings. The van der Waals surface area contributed by atoms with Crippen molar-refractivity contribution in [3.63, 3.8) is 0 Å². The van der Waals surface area contributed by atoms with Crippen LogP contribution in [0.25, 0.3) is 0 Å². The summed E-state index contributed by atoms with van der Waals surface area (Å²) >= 11 is 18.4. The molecule has 3 N–H and O–H groups in total. The minimum Gasteiger partial charge on any atom is -0.504 e. The average molecular weight is 416 g/mol. The summed E-state index contributed by atoms with van der Waals surface area (Å²) in [7, 11) is -3.78. The summed E-state index contributed by atoms with van der Waals surface area (Å²) in [6.45, 7) is -0.555. The quantitative estimate of drug-likeness (QED) is 0.515. The van der Waals surface area contributed by atoms with Crippen LogP contribution in [-0.4, -0.2) is 26.0 Å². The van der Waals surface area contributed by atoms with Crippen LogP contribution in [0.4, 0.5) is 5.69 Å². The molecule has 0 aliphatic rings. The number of halogens is 3. The number of carbonyl (C=O) groups excluding carboxylic acids is 1. The number of phenolic OH excluding ortho intramolecular Hbond substituents is 1. The first-order chi connectivity index (χ1) is 10.7. The molecule has 1 amide bonds. The zero-order chi connectivity index (χ0) is 17.2. The fourth-order valence-electron chi connectivity index (χ4n) is 1.53. The van der Waals surface area contributed by atoms with Crippen LogP contribution in [-0.2, 0) is 14.8 Å². The number of benzene rings is 1. The third-order valence-corrected chi connectivity index (χ3v) is 6.47. The molecule has 1 aromatic heterocycles. The second-order valence-corrected chi connectivity index (χ2v) is 8.32. The van der Waals surface area contributed by atoms with E-state index in [9.17, 15) is 18.3 Å². The van der Waals surface area contributed by atoms with Gasteiger partial charge in [0.05, 0.1) is 21.6 Å². The summed E-state index contributed by atoms with van der Waals surface area (Å²) in [5, 5.41) is 13.5. The summed E-state index contributed by atoms with van der Waals surface area (Å²) in [5.41, 5.74) is -0.190. The Morgan fingerprint density at radius 1 is 1.26 bits per heavy atom. The lowest BCUT2D eigenvalue weighted by Gasteiger charge is -2.12. The third-order valence-electron chi connectivity index (χ3n) is 2.59. The Hall–Kier alpha value is -1.03. The van der Waals surface area contributed by atoms with E-state index >= 15 is 0 Å². The van der Waals surface area contributed by atoms with Gasteiger partial charge in [0.15, 0.2) is 5.75 Å². The Labute approximate surface area is 151 Å². The van der Waals surface area contributed by atoms with E-state index in [-0.39, 0.29) is 25.0 Å². The first-order valence-corrected chi connectivity index (χ1v) is 9.41. The van der Waals surface area contributed by atoms with Crippen molar-refractivity contribution in [1.82, 2.24) is 4.72 Å². The molecule has 0 bridgehead atoms. The van der Waals surface area contributed by atoms with Crippen LogP contribution in [0.5, 0.6) is 5.75 Å². The van der Waals surface area contributed by atoms with Gasteiger partial charge in [-0.3, -0.25) is 4.79 Å². The van der Waals surface area contributed by atoms with Gasteiger partial charge in [-0.25, -0.2) is 13.1 Å². The van der Waals surface area contributed by atoms with E-state index in [0.717, 1.165) is 11.3 Å². The largest absolute Gasteiger partial charge is 0.504 e. The van der Waals surface area contributed by atoms with Crippen molar-refractivity contribution in [2.45, 2.75) is 4.21 Å². The van der Waals surface area contributed by atoms with Crippen molar-refractivity contribution in [2.24, 2.45) is 0 Å². The highest BCUT2D eigenvalue weighted by Gasteiger charge is 2.19. The van der Waals surface area contributed by atoms with E-state index in [1.165, 1.54) is 12.1 Å². The van der Waals surface area contributed by atoms with Gasteiger partial charge in [0, 0.05) is 0 Å². The maximum Gasteiger partial charge on any atom is 0.250 e. The van der Waals surface area contributed by atoms with Crippen LogP contribution >= 0.6 is 46.1 Å². The van der Waals surface area contributed by atoms with Crippen LogP contribution in [0.2, 0.25) is 15.1 Å².